The van der Waals surface area contributed by atoms with Gasteiger partial charge in [-0.2, -0.15) is 0 Å². The number of rotatable bonds is 6. The number of hydrogen-bond acceptors (Lipinski definition) is 5. The first-order valence-electron chi connectivity index (χ1n) is 9.58. The number of carbonyl (C=O) groups excluding carboxylic acids is 2. The first kappa shape index (κ1) is 21.8. The lowest BCUT2D eigenvalue weighted by molar-refractivity contribution is -0.128. The lowest BCUT2D eigenvalue weighted by atomic mass is 10.2. The van der Waals surface area contributed by atoms with E-state index in [2.05, 4.69) is 5.32 Å². The maximum absolute atomic E-state index is 13.9. The van der Waals surface area contributed by atoms with Crippen molar-refractivity contribution in [3.05, 3.63) is 59.9 Å². The largest absolute Gasteiger partial charge is 0.366 e. The van der Waals surface area contributed by atoms with Crippen LogP contribution in [0.25, 0.3) is 0 Å². The standard InChI is InChI=1S/C21H24FN3O4S/c1-16-6-8-17(9-7-16)23-20(26)14-30(28,29)15-21(27)25-12-10-24(11-13-25)19-5-3-2-4-18(19)22/h2-9H,10-15H2,1H3,(H,23,26). The van der Waals surface area contributed by atoms with E-state index < -0.39 is 33.2 Å². The number of nitrogens with one attached hydrogen (secondary N) is 1. The van der Waals surface area contributed by atoms with Gasteiger partial charge in [0.05, 0.1) is 5.69 Å². The summed E-state index contributed by atoms with van der Waals surface area (Å²) in [5.41, 5.74) is 1.97. The molecule has 30 heavy (non-hydrogen) atoms. The fraction of sp³-hybridized carbons (Fsp3) is 0.333. The predicted octanol–water partition coefficient (Wildman–Crippen LogP) is 1.84. The highest BCUT2D eigenvalue weighted by molar-refractivity contribution is 7.92. The third kappa shape index (κ3) is 5.79. The Labute approximate surface area is 175 Å². The molecular weight excluding hydrogens is 409 g/mol. The van der Waals surface area contributed by atoms with E-state index in [9.17, 15) is 22.4 Å². The van der Waals surface area contributed by atoms with Crippen molar-refractivity contribution in [1.29, 1.82) is 0 Å². The Hall–Kier alpha value is -2.94. The van der Waals surface area contributed by atoms with Crippen molar-refractivity contribution >= 4 is 33.0 Å². The Balaban J connectivity index is 1.50. The monoisotopic (exact) mass is 433 g/mol. The van der Waals surface area contributed by atoms with E-state index in [1.54, 1.807) is 42.5 Å². The van der Waals surface area contributed by atoms with E-state index in [0.717, 1.165) is 5.56 Å². The van der Waals surface area contributed by atoms with Crippen LogP contribution in [-0.2, 0) is 19.4 Å². The summed E-state index contributed by atoms with van der Waals surface area (Å²) in [6, 6.07) is 13.4. The first-order chi connectivity index (χ1) is 14.2. The second-order valence-electron chi connectivity index (χ2n) is 7.27. The smallest absolute Gasteiger partial charge is 0.239 e. The number of aryl methyl sites for hydroxylation is 1. The van der Waals surface area contributed by atoms with Crippen LogP contribution in [0.15, 0.2) is 48.5 Å². The molecule has 1 aliphatic heterocycles. The van der Waals surface area contributed by atoms with Crippen molar-refractivity contribution < 1.29 is 22.4 Å². The SMILES string of the molecule is Cc1ccc(NC(=O)CS(=O)(=O)CC(=O)N2CCN(c3ccccc3F)CC2)cc1. The minimum Gasteiger partial charge on any atom is -0.366 e. The predicted molar refractivity (Wildman–Crippen MR) is 114 cm³/mol. The van der Waals surface area contributed by atoms with E-state index in [1.807, 2.05) is 11.8 Å². The van der Waals surface area contributed by atoms with Crippen LogP contribution in [0.4, 0.5) is 15.8 Å². The van der Waals surface area contributed by atoms with Gasteiger partial charge in [0, 0.05) is 31.9 Å². The topological polar surface area (TPSA) is 86.8 Å². The molecular formula is C21H24FN3O4S. The number of benzene rings is 2. The van der Waals surface area contributed by atoms with Crippen LogP contribution in [0.1, 0.15) is 5.56 Å². The Morgan fingerprint density at radius 3 is 2.23 bits per heavy atom. The van der Waals surface area contributed by atoms with E-state index in [1.165, 1.54) is 11.0 Å². The van der Waals surface area contributed by atoms with E-state index in [0.29, 0.717) is 24.5 Å². The summed E-state index contributed by atoms with van der Waals surface area (Å²) >= 11 is 0. The summed E-state index contributed by atoms with van der Waals surface area (Å²) in [6.45, 7) is 3.29. The average Bonchev–Trinajstić information content (AvgIpc) is 2.69. The highest BCUT2D eigenvalue weighted by Crippen LogP contribution is 2.20. The molecule has 0 bridgehead atoms. The Kier molecular flexibility index (Phi) is 6.71. The van der Waals surface area contributed by atoms with Crippen LogP contribution in [0, 0.1) is 12.7 Å². The van der Waals surface area contributed by atoms with Crippen LogP contribution in [-0.4, -0.2) is 62.8 Å². The minimum absolute atomic E-state index is 0.290. The fourth-order valence-corrected chi connectivity index (χ4v) is 4.40. The molecule has 0 radical (unpaired) electrons. The van der Waals surface area contributed by atoms with Gasteiger partial charge in [0.25, 0.3) is 0 Å². The molecule has 0 saturated carbocycles. The molecule has 7 nitrogen and oxygen atoms in total. The van der Waals surface area contributed by atoms with Gasteiger partial charge in [-0.3, -0.25) is 9.59 Å². The van der Waals surface area contributed by atoms with Gasteiger partial charge in [0.2, 0.25) is 11.8 Å². The zero-order chi connectivity index (χ0) is 21.7. The molecule has 0 atom stereocenters. The van der Waals surface area contributed by atoms with Gasteiger partial charge < -0.3 is 15.1 Å². The maximum atomic E-state index is 13.9. The average molecular weight is 434 g/mol. The number of hydrogen-bond donors (Lipinski definition) is 1. The summed E-state index contributed by atoms with van der Waals surface area (Å²) in [6.07, 6.45) is 0. The van der Waals surface area contributed by atoms with Gasteiger partial charge in [-0.1, -0.05) is 29.8 Å². The number of piperazine rings is 1. The highest BCUT2D eigenvalue weighted by Gasteiger charge is 2.27. The number of para-hydroxylation sites is 1. The molecule has 160 valence electrons. The van der Waals surface area contributed by atoms with Crippen molar-refractivity contribution in [2.45, 2.75) is 6.92 Å². The number of anilines is 2. The Bertz CT molecular complexity index is 1020. The molecule has 1 saturated heterocycles. The normalized spacial score (nSPS) is 14.5. The lowest BCUT2D eigenvalue weighted by Gasteiger charge is -2.36. The Morgan fingerprint density at radius 2 is 1.60 bits per heavy atom. The molecule has 1 heterocycles. The van der Waals surface area contributed by atoms with Crippen molar-refractivity contribution in [2.24, 2.45) is 0 Å². The van der Waals surface area contributed by atoms with E-state index >= 15 is 0 Å². The van der Waals surface area contributed by atoms with Crippen molar-refractivity contribution in [1.82, 2.24) is 4.90 Å². The molecule has 9 heteroatoms. The molecule has 0 aliphatic carbocycles. The summed E-state index contributed by atoms with van der Waals surface area (Å²) in [4.78, 5) is 27.7. The van der Waals surface area contributed by atoms with Crippen molar-refractivity contribution in [3.63, 3.8) is 0 Å². The fourth-order valence-electron chi connectivity index (χ4n) is 3.27. The Morgan fingerprint density at radius 1 is 0.967 bits per heavy atom. The molecule has 2 amide bonds. The number of sulfone groups is 1. The van der Waals surface area contributed by atoms with Gasteiger partial charge in [0.1, 0.15) is 17.3 Å². The molecule has 0 spiro atoms. The van der Waals surface area contributed by atoms with E-state index in [4.69, 9.17) is 0 Å². The zero-order valence-electron chi connectivity index (χ0n) is 16.7. The third-order valence-electron chi connectivity index (χ3n) is 4.86. The molecule has 0 unspecified atom stereocenters. The molecule has 2 aromatic rings. The number of halogens is 1. The first-order valence-corrected chi connectivity index (χ1v) is 11.4. The minimum atomic E-state index is -3.91. The number of amides is 2. The van der Waals surface area contributed by atoms with E-state index in [-0.39, 0.29) is 18.9 Å². The van der Waals surface area contributed by atoms with Gasteiger partial charge >= 0.3 is 0 Å². The molecule has 1 N–H and O–H groups in total. The van der Waals surface area contributed by atoms with Crippen LogP contribution in [0.3, 0.4) is 0 Å². The quantitative estimate of drug-likeness (QED) is 0.751. The maximum Gasteiger partial charge on any atom is 0.239 e. The second kappa shape index (κ2) is 9.25. The molecule has 0 aromatic heterocycles. The van der Waals surface area contributed by atoms with Crippen LogP contribution >= 0.6 is 0 Å². The van der Waals surface area contributed by atoms with Gasteiger partial charge in [-0.05, 0) is 31.2 Å². The second-order valence-corrected chi connectivity index (χ2v) is 9.33. The molecule has 1 aliphatic rings. The number of nitrogens with zero attached hydrogens (tertiary/aromatic N) is 2. The molecule has 2 aromatic carbocycles. The van der Waals surface area contributed by atoms with Gasteiger partial charge in [-0.25, -0.2) is 12.8 Å². The highest BCUT2D eigenvalue weighted by atomic mass is 32.2. The third-order valence-corrected chi connectivity index (χ3v) is 6.24. The van der Waals surface area contributed by atoms with Crippen molar-refractivity contribution in [2.75, 3.05) is 47.9 Å². The summed E-state index contributed by atoms with van der Waals surface area (Å²) in [5.74, 6) is -3.06. The van der Waals surface area contributed by atoms with Gasteiger partial charge in [0.15, 0.2) is 9.84 Å². The number of carbonyl (C=O) groups is 2. The zero-order valence-corrected chi connectivity index (χ0v) is 17.5. The van der Waals surface area contributed by atoms with Crippen LogP contribution in [0.2, 0.25) is 0 Å². The van der Waals surface area contributed by atoms with Crippen LogP contribution < -0.4 is 10.2 Å². The van der Waals surface area contributed by atoms with Crippen molar-refractivity contribution in [3.8, 4) is 0 Å². The summed E-state index contributed by atoms with van der Waals surface area (Å²) in [5, 5.41) is 2.52. The van der Waals surface area contributed by atoms with Crippen LogP contribution in [0.5, 0.6) is 0 Å². The summed E-state index contributed by atoms with van der Waals surface area (Å²) < 4.78 is 38.5. The summed E-state index contributed by atoms with van der Waals surface area (Å²) in [7, 11) is -3.91. The molecule has 3 rings (SSSR count). The van der Waals surface area contributed by atoms with Gasteiger partial charge in [-0.15, -0.1) is 0 Å². The molecule has 1 fully saturated rings. The lowest BCUT2D eigenvalue weighted by Crippen LogP contribution is -2.50.